The zero-order valence-electron chi connectivity index (χ0n) is 16.2. The van der Waals surface area contributed by atoms with Gasteiger partial charge in [-0.25, -0.2) is 4.39 Å². The fourth-order valence-electron chi connectivity index (χ4n) is 4.99. The van der Waals surface area contributed by atoms with Crippen molar-refractivity contribution < 1.29 is 9.18 Å². The van der Waals surface area contributed by atoms with Crippen molar-refractivity contribution >= 4 is 11.6 Å². The lowest BCUT2D eigenvalue weighted by atomic mass is 9.87. The zero-order chi connectivity index (χ0) is 19.2. The first-order chi connectivity index (χ1) is 12.8. The van der Waals surface area contributed by atoms with E-state index in [-0.39, 0.29) is 22.8 Å². The SMILES string of the molecule is Cc1cccnc1C(=O)N1CCCC12CN(c1cccc(F)c1)C(C)(C)C2. The first-order valence-electron chi connectivity index (χ1n) is 9.59. The average Bonchev–Trinajstić information content (AvgIpc) is 3.14. The standard InChI is InChI=1S/C22H26FN3O/c1-16-7-5-11-24-19(16)20(27)25-12-6-10-22(25)14-21(2,3)26(15-22)18-9-4-8-17(23)13-18/h4-5,7-9,11,13H,6,10,12,14-15H2,1-3H3. The second kappa shape index (κ2) is 6.32. The molecule has 2 aliphatic heterocycles. The number of anilines is 1. The number of benzene rings is 1. The minimum atomic E-state index is -0.229. The molecule has 1 atom stereocenters. The van der Waals surface area contributed by atoms with E-state index in [2.05, 4.69) is 23.7 Å². The number of aromatic nitrogens is 1. The number of halogens is 1. The third kappa shape index (κ3) is 2.99. The second-order valence-corrected chi connectivity index (χ2v) is 8.51. The molecule has 0 bridgehead atoms. The van der Waals surface area contributed by atoms with E-state index in [9.17, 15) is 9.18 Å². The first-order valence-corrected chi connectivity index (χ1v) is 9.59. The Morgan fingerprint density at radius 2 is 2.04 bits per heavy atom. The van der Waals surface area contributed by atoms with Crippen LogP contribution in [0.25, 0.3) is 0 Å². The highest BCUT2D eigenvalue weighted by Crippen LogP contribution is 2.47. The molecule has 3 heterocycles. The van der Waals surface area contributed by atoms with Crippen molar-refractivity contribution in [1.82, 2.24) is 9.88 Å². The van der Waals surface area contributed by atoms with Crippen LogP contribution in [0.15, 0.2) is 42.6 Å². The lowest BCUT2D eigenvalue weighted by Gasteiger charge is -2.35. The van der Waals surface area contributed by atoms with Crippen LogP contribution in [0.1, 0.15) is 49.2 Å². The number of likely N-dealkylation sites (tertiary alicyclic amines) is 1. The van der Waals surface area contributed by atoms with E-state index in [0.29, 0.717) is 5.69 Å². The van der Waals surface area contributed by atoms with Crippen molar-refractivity contribution in [1.29, 1.82) is 0 Å². The molecule has 1 spiro atoms. The number of aryl methyl sites for hydroxylation is 1. The Hall–Kier alpha value is -2.43. The monoisotopic (exact) mass is 367 g/mol. The van der Waals surface area contributed by atoms with Crippen LogP contribution in [-0.2, 0) is 0 Å². The maximum atomic E-state index is 13.8. The van der Waals surface area contributed by atoms with Crippen LogP contribution < -0.4 is 4.90 Å². The number of carbonyl (C=O) groups is 1. The van der Waals surface area contributed by atoms with Gasteiger partial charge in [-0.1, -0.05) is 12.1 Å². The zero-order valence-corrected chi connectivity index (χ0v) is 16.2. The van der Waals surface area contributed by atoms with Gasteiger partial charge in [0, 0.05) is 30.5 Å². The van der Waals surface area contributed by atoms with Gasteiger partial charge < -0.3 is 9.80 Å². The van der Waals surface area contributed by atoms with E-state index >= 15 is 0 Å². The molecule has 2 fully saturated rings. The Kier molecular flexibility index (Phi) is 4.21. The molecule has 1 aromatic heterocycles. The van der Waals surface area contributed by atoms with Crippen LogP contribution in [0, 0.1) is 12.7 Å². The van der Waals surface area contributed by atoms with E-state index in [4.69, 9.17) is 0 Å². The smallest absolute Gasteiger partial charge is 0.273 e. The molecule has 2 saturated heterocycles. The molecule has 0 aliphatic carbocycles. The van der Waals surface area contributed by atoms with Crippen LogP contribution >= 0.6 is 0 Å². The molecular weight excluding hydrogens is 341 g/mol. The van der Waals surface area contributed by atoms with Gasteiger partial charge in [0.2, 0.25) is 0 Å². The minimum Gasteiger partial charge on any atom is -0.364 e. The Balaban J connectivity index is 1.68. The molecular formula is C22H26FN3O. The number of amides is 1. The van der Waals surface area contributed by atoms with Gasteiger partial charge in [0.25, 0.3) is 5.91 Å². The third-order valence-corrected chi connectivity index (χ3v) is 6.12. The van der Waals surface area contributed by atoms with Crippen molar-refractivity contribution in [2.45, 2.75) is 51.1 Å². The summed E-state index contributed by atoms with van der Waals surface area (Å²) in [6.45, 7) is 7.77. The predicted octanol–water partition coefficient (Wildman–Crippen LogP) is 4.19. The molecule has 27 heavy (non-hydrogen) atoms. The molecule has 4 nitrogen and oxygen atoms in total. The van der Waals surface area contributed by atoms with Crippen LogP contribution in [0.2, 0.25) is 0 Å². The van der Waals surface area contributed by atoms with Crippen molar-refractivity contribution in [3.63, 3.8) is 0 Å². The number of pyridine rings is 1. The lowest BCUT2D eigenvalue weighted by molar-refractivity contribution is 0.0610. The average molecular weight is 367 g/mol. The topological polar surface area (TPSA) is 36.4 Å². The summed E-state index contributed by atoms with van der Waals surface area (Å²) in [5.74, 6) is -0.213. The predicted molar refractivity (Wildman–Crippen MR) is 104 cm³/mol. The summed E-state index contributed by atoms with van der Waals surface area (Å²) in [7, 11) is 0. The summed E-state index contributed by atoms with van der Waals surface area (Å²) in [6, 6.07) is 10.5. The van der Waals surface area contributed by atoms with E-state index in [1.165, 1.54) is 6.07 Å². The largest absolute Gasteiger partial charge is 0.364 e. The van der Waals surface area contributed by atoms with E-state index in [1.54, 1.807) is 18.3 Å². The van der Waals surface area contributed by atoms with Gasteiger partial charge >= 0.3 is 0 Å². The number of hydrogen-bond acceptors (Lipinski definition) is 3. The number of carbonyl (C=O) groups excluding carboxylic acids is 1. The molecule has 142 valence electrons. The number of rotatable bonds is 2. The highest BCUT2D eigenvalue weighted by atomic mass is 19.1. The third-order valence-electron chi connectivity index (χ3n) is 6.12. The maximum absolute atomic E-state index is 13.8. The Labute approximate surface area is 160 Å². The van der Waals surface area contributed by atoms with Crippen molar-refractivity contribution in [3.05, 3.63) is 59.7 Å². The quantitative estimate of drug-likeness (QED) is 0.798. The van der Waals surface area contributed by atoms with Crippen molar-refractivity contribution in [2.75, 3.05) is 18.0 Å². The van der Waals surface area contributed by atoms with Crippen LogP contribution in [0.5, 0.6) is 0 Å². The normalized spacial score (nSPS) is 24.0. The Bertz CT molecular complexity index is 881. The van der Waals surface area contributed by atoms with E-state index < -0.39 is 0 Å². The summed E-state index contributed by atoms with van der Waals surface area (Å²) in [6.07, 6.45) is 4.51. The summed E-state index contributed by atoms with van der Waals surface area (Å²) < 4.78 is 13.8. The highest BCUT2D eigenvalue weighted by Gasteiger charge is 2.55. The molecule has 0 N–H and O–H groups in total. The molecule has 1 amide bonds. The Morgan fingerprint density at radius 1 is 1.22 bits per heavy atom. The van der Waals surface area contributed by atoms with Gasteiger partial charge in [-0.3, -0.25) is 9.78 Å². The molecule has 1 unspecified atom stereocenters. The van der Waals surface area contributed by atoms with Gasteiger partial charge in [0.05, 0.1) is 5.54 Å². The molecule has 4 rings (SSSR count). The number of nitrogens with zero attached hydrogens (tertiary/aromatic N) is 3. The van der Waals surface area contributed by atoms with Gasteiger partial charge in [0.1, 0.15) is 11.5 Å². The van der Waals surface area contributed by atoms with Crippen molar-refractivity contribution in [3.8, 4) is 0 Å². The highest BCUT2D eigenvalue weighted by molar-refractivity contribution is 5.94. The van der Waals surface area contributed by atoms with Crippen molar-refractivity contribution in [2.24, 2.45) is 0 Å². The maximum Gasteiger partial charge on any atom is 0.273 e. The minimum absolute atomic E-state index is 0.0162. The summed E-state index contributed by atoms with van der Waals surface area (Å²) in [5.41, 5.74) is 1.95. The fraction of sp³-hybridized carbons (Fsp3) is 0.455. The summed E-state index contributed by atoms with van der Waals surface area (Å²) in [5, 5.41) is 0. The van der Waals surface area contributed by atoms with Crippen LogP contribution in [0.3, 0.4) is 0 Å². The first kappa shape index (κ1) is 18.0. The number of hydrogen-bond donors (Lipinski definition) is 0. The van der Waals surface area contributed by atoms with Gasteiger partial charge in [-0.2, -0.15) is 0 Å². The van der Waals surface area contributed by atoms with Crippen LogP contribution in [0.4, 0.5) is 10.1 Å². The lowest BCUT2D eigenvalue weighted by Crippen LogP contribution is -2.49. The second-order valence-electron chi connectivity index (χ2n) is 8.51. The molecule has 5 heteroatoms. The van der Waals surface area contributed by atoms with E-state index in [0.717, 1.165) is 43.6 Å². The molecule has 0 radical (unpaired) electrons. The summed E-state index contributed by atoms with van der Waals surface area (Å²) in [4.78, 5) is 22.0. The van der Waals surface area contributed by atoms with Gasteiger partial charge in [0.15, 0.2) is 0 Å². The van der Waals surface area contributed by atoms with Gasteiger partial charge in [-0.05, 0) is 69.9 Å². The molecule has 0 saturated carbocycles. The fourth-order valence-corrected chi connectivity index (χ4v) is 4.99. The molecule has 1 aromatic carbocycles. The van der Waals surface area contributed by atoms with E-state index in [1.807, 2.05) is 30.0 Å². The molecule has 2 aromatic rings. The summed E-state index contributed by atoms with van der Waals surface area (Å²) >= 11 is 0. The Morgan fingerprint density at radius 3 is 2.78 bits per heavy atom. The van der Waals surface area contributed by atoms with Crippen LogP contribution in [-0.4, -0.2) is 40.0 Å². The molecule has 2 aliphatic rings. The van der Waals surface area contributed by atoms with Gasteiger partial charge in [-0.15, -0.1) is 0 Å².